The summed E-state index contributed by atoms with van der Waals surface area (Å²) in [7, 11) is 2.11. The monoisotopic (exact) mass is 599 g/mol. The molecule has 0 N–H and O–H groups in total. The van der Waals surface area contributed by atoms with Crippen LogP contribution in [-0.4, -0.2) is 0 Å². The van der Waals surface area contributed by atoms with Gasteiger partial charge in [0.05, 0.1) is 5.56 Å². The van der Waals surface area contributed by atoms with Crippen molar-refractivity contribution >= 4 is 21.9 Å². The molecule has 234 valence electrons. The van der Waals surface area contributed by atoms with Crippen molar-refractivity contribution in [1.82, 2.24) is 0 Å². The molecule has 0 aliphatic heterocycles. The van der Waals surface area contributed by atoms with Gasteiger partial charge in [-0.25, -0.2) is 4.57 Å². The van der Waals surface area contributed by atoms with Gasteiger partial charge in [0.25, 0.3) is 0 Å². The normalized spacial score (nSPS) is 21.4. The number of nitrogens with zero attached hydrogens (tertiary/aromatic N) is 1. The van der Waals surface area contributed by atoms with Crippen LogP contribution in [0.5, 0.6) is 0 Å². The summed E-state index contributed by atoms with van der Waals surface area (Å²) in [5.74, 6) is -0.547. The van der Waals surface area contributed by atoms with E-state index in [1.54, 1.807) is 0 Å². The molecule has 2 nitrogen and oxygen atoms in total. The molecule has 0 saturated heterocycles. The van der Waals surface area contributed by atoms with Crippen LogP contribution in [0.3, 0.4) is 0 Å². The van der Waals surface area contributed by atoms with Gasteiger partial charge >= 0.3 is 0 Å². The van der Waals surface area contributed by atoms with E-state index in [2.05, 4.69) is 141 Å². The largest absolute Gasteiger partial charge is 0.454 e. The standard InChI is InChI=1S/C43H52NO/c1-27-22-23-33-32-20-16-19-31(38(32)45-39(33)35(27)34-21-14-15-26-44(34)10)30-25-24-29(28-17-12-11-13-18-28)36-37(30)41(4,5)43(8,9)42(6,7)40(36,2)3/h14-16,19-26,28H,11-13,17-18H2,1-10H3/q+1/i28D. The van der Waals surface area contributed by atoms with Crippen molar-refractivity contribution in [3.8, 4) is 22.4 Å². The van der Waals surface area contributed by atoms with Crippen LogP contribution in [0.1, 0.15) is 117 Å². The van der Waals surface area contributed by atoms with Crippen molar-refractivity contribution in [2.75, 3.05) is 0 Å². The van der Waals surface area contributed by atoms with Crippen LogP contribution >= 0.6 is 0 Å². The second-order valence-electron chi connectivity index (χ2n) is 16.2. The Hall–Kier alpha value is -3.39. The molecule has 7 rings (SSSR count). The summed E-state index contributed by atoms with van der Waals surface area (Å²) in [6.07, 6.45) is 7.50. The Bertz CT molecular complexity index is 2010. The van der Waals surface area contributed by atoms with Gasteiger partial charge in [-0.15, -0.1) is 0 Å². The maximum Gasteiger partial charge on any atom is 0.216 e. The number of hydrogen-bond acceptors (Lipinski definition) is 1. The zero-order chi connectivity index (χ0) is 33.0. The Morgan fingerprint density at radius 1 is 0.689 bits per heavy atom. The number of pyridine rings is 1. The van der Waals surface area contributed by atoms with E-state index >= 15 is 0 Å². The summed E-state index contributed by atoms with van der Waals surface area (Å²) in [5, 5.41) is 2.31. The molecule has 2 heteroatoms. The lowest BCUT2D eigenvalue weighted by Crippen LogP contribution is -2.60. The smallest absolute Gasteiger partial charge is 0.216 e. The maximum absolute atomic E-state index is 9.94. The molecule has 0 atom stereocenters. The maximum atomic E-state index is 9.94. The third kappa shape index (κ3) is 4.03. The highest BCUT2D eigenvalue weighted by molar-refractivity contribution is 6.13. The van der Waals surface area contributed by atoms with Crippen LogP contribution in [0.25, 0.3) is 44.3 Å². The molecule has 0 radical (unpaired) electrons. The predicted molar refractivity (Wildman–Crippen MR) is 190 cm³/mol. The van der Waals surface area contributed by atoms with Crippen molar-refractivity contribution in [2.45, 2.75) is 111 Å². The van der Waals surface area contributed by atoms with Gasteiger partial charge in [-0.1, -0.05) is 117 Å². The number of benzene rings is 3. The number of fused-ring (bicyclic) bond motifs is 4. The fourth-order valence-corrected chi connectivity index (χ4v) is 9.13. The Labute approximate surface area is 272 Å². The van der Waals surface area contributed by atoms with Gasteiger partial charge in [0.2, 0.25) is 5.69 Å². The van der Waals surface area contributed by atoms with Crippen molar-refractivity contribution in [1.29, 1.82) is 0 Å². The first-order valence-corrected chi connectivity index (χ1v) is 17.1. The molecule has 0 bridgehead atoms. The number of hydrogen-bond donors (Lipinski definition) is 0. The van der Waals surface area contributed by atoms with Crippen LogP contribution in [-0.2, 0) is 17.9 Å². The van der Waals surface area contributed by atoms with Crippen molar-refractivity contribution in [2.24, 2.45) is 17.9 Å². The molecule has 5 aromatic rings. The molecular weight excluding hydrogens is 546 g/mol. The molecule has 0 unspecified atom stereocenters. The molecule has 2 aromatic heterocycles. The van der Waals surface area contributed by atoms with E-state index in [1.165, 1.54) is 34.2 Å². The lowest BCUT2D eigenvalue weighted by Gasteiger charge is -2.65. The van der Waals surface area contributed by atoms with Gasteiger partial charge in [0, 0.05) is 29.8 Å². The molecule has 0 amide bonds. The molecule has 1 saturated carbocycles. The molecule has 1 fully saturated rings. The van der Waals surface area contributed by atoms with E-state index < -0.39 is 5.89 Å². The quantitative estimate of drug-likeness (QED) is 0.189. The molecule has 2 heterocycles. The summed E-state index contributed by atoms with van der Waals surface area (Å²) in [4.78, 5) is 0. The lowest BCUT2D eigenvalue weighted by atomic mass is 9.39. The molecule has 2 aliphatic carbocycles. The van der Waals surface area contributed by atoms with Gasteiger partial charge in [0.1, 0.15) is 18.2 Å². The van der Waals surface area contributed by atoms with E-state index in [0.717, 1.165) is 64.4 Å². The van der Waals surface area contributed by atoms with Crippen molar-refractivity contribution in [3.63, 3.8) is 0 Å². The molecule has 2 aliphatic rings. The average Bonchev–Trinajstić information content (AvgIpc) is 3.39. The van der Waals surface area contributed by atoms with E-state index in [1.807, 2.05) is 0 Å². The summed E-state index contributed by atoms with van der Waals surface area (Å²) >= 11 is 0. The van der Waals surface area contributed by atoms with Crippen molar-refractivity contribution < 1.29 is 10.4 Å². The Morgan fingerprint density at radius 2 is 1.36 bits per heavy atom. The lowest BCUT2D eigenvalue weighted by molar-refractivity contribution is -0.660. The van der Waals surface area contributed by atoms with Gasteiger partial charge < -0.3 is 4.42 Å². The van der Waals surface area contributed by atoms with Gasteiger partial charge in [-0.2, -0.15) is 0 Å². The zero-order valence-corrected chi connectivity index (χ0v) is 29.2. The minimum absolute atomic E-state index is 0.0160. The van der Waals surface area contributed by atoms with Crippen LogP contribution < -0.4 is 4.57 Å². The number of aryl methyl sites for hydroxylation is 2. The van der Waals surface area contributed by atoms with Crippen LogP contribution in [0.15, 0.2) is 71.3 Å². The number of rotatable bonds is 3. The third-order valence-electron chi connectivity index (χ3n) is 13.5. The van der Waals surface area contributed by atoms with Crippen LogP contribution in [0.2, 0.25) is 0 Å². The summed E-state index contributed by atoms with van der Waals surface area (Å²) in [6, 6.07) is 22.2. The highest BCUT2D eigenvalue weighted by Gasteiger charge is 2.61. The fraction of sp³-hybridized carbons (Fsp3) is 0.465. The Morgan fingerprint density at radius 3 is 2.04 bits per heavy atom. The fourth-order valence-electron chi connectivity index (χ4n) is 9.13. The Kier molecular flexibility index (Phi) is 6.49. The van der Waals surface area contributed by atoms with Gasteiger partial charge in [-0.3, -0.25) is 0 Å². The first-order chi connectivity index (χ1) is 21.6. The first-order valence-electron chi connectivity index (χ1n) is 17.6. The van der Waals surface area contributed by atoms with Crippen LogP contribution in [0, 0.1) is 17.8 Å². The second kappa shape index (κ2) is 10.1. The first kappa shape index (κ1) is 29.0. The molecule has 3 aromatic carbocycles. The van der Waals surface area contributed by atoms with E-state index in [9.17, 15) is 1.37 Å². The topological polar surface area (TPSA) is 17.0 Å². The third-order valence-corrected chi connectivity index (χ3v) is 13.5. The number of furan rings is 1. The summed E-state index contributed by atoms with van der Waals surface area (Å²) in [6.45, 7) is 21.9. The van der Waals surface area contributed by atoms with E-state index in [4.69, 9.17) is 4.42 Å². The molecule has 45 heavy (non-hydrogen) atoms. The van der Waals surface area contributed by atoms with Gasteiger partial charge in [-0.05, 0) is 81.2 Å². The minimum Gasteiger partial charge on any atom is -0.454 e. The van der Waals surface area contributed by atoms with Crippen LogP contribution in [0.4, 0.5) is 0 Å². The number of aromatic nitrogens is 1. The van der Waals surface area contributed by atoms with E-state index in [0.29, 0.717) is 0 Å². The summed E-state index contributed by atoms with van der Waals surface area (Å²) < 4.78 is 19.2. The minimum atomic E-state index is -0.547. The average molecular weight is 600 g/mol. The molecule has 0 spiro atoms. The molecular formula is C43H52NO+. The predicted octanol–water partition coefficient (Wildman–Crippen LogP) is 11.7. The Balaban J connectivity index is 1.59. The highest BCUT2D eigenvalue weighted by atomic mass is 16.3. The van der Waals surface area contributed by atoms with Crippen molar-refractivity contribution in [3.05, 3.63) is 89.1 Å². The highest BCUT2D eigenvalue weighted by Crippen LogP contribution is 2.68. The van der Waals surface area contributed by atoms with Gasteiger partial charge in [0.15, 0.2) is 6.20 Å². The second-order valence-corrected chi connectivity index (χ2v) is 16.2. The van der Waals surface area contributed by atoms with E-state index in [-0.39, 0.29) is 21.7 Å². The number of para-hydroxylation sites is 1. The zero-order valence-electron chi connectivity index (χ0n) is 30.2. The summed E-state index contributed by atoms with van der Waals surface area (Å²) in [5.41, 5.74) is 11.5. The SMILES string of the molecule is [2H]C1(c2ccc(-c3cccc4c3oc3c(-c5cccc[n+]5C)c(C)ccc34)c3c2C(C)(C)C(C)(C)C(C)(C)C3(C)C)CCCCC1.